The molecule has 1 aliphatic heterocycles. The van der Waals surface area contributed by atoms with Crippen LogP contribution in [0.5, 0.6) is 23.0 Å². The number of nitrogens with two attached hydrogens (primary N) is 1. The van der Waals surface area contributed by atoms with Gasteiger partial charge in [-0.05, 0) is 55.2 Å². The van der Waals surface area contributed by atoms with E-state index in [4.69, 9.17) is 24.7 Å². The maximum Gasteiger partial charge on any atom is 0.349 e. The third-order valence-corrected chi connectivity index (χ3v) is 6.15. The number of benzene rings is 3. The van der Waals surface area contributed by atoms with Gasteiger partial charge in [-0.1, -0.05) is 49.7 Å². The lowest BCUT2D eigenvalue weighted by atomic mass is 9.83. The third-order valence-electron chi connectivity index (χ3n) is 6.15. The molecule has 0 spiro atoms. The number of nitriles is 1. The largest absolute Gasteiger partial charge is 0.494 e. The van der Waals surface area contributed by atoms with E-state index in [1.165, 1.54) is 0 Å². The summed E-state index contributed by atoms with van der Waals surface area (Å²) in [4.78, 5) is 12.5. The number of hydrogen-bond acceptors (Lipinski definition) is 7. The summed E-state index contributed by atoms with van der Waals surface area (Å²) in [6.45, 7) is 6.38. The molecule has 2 N–H and O–H groups in total. The number of fused-ring (bicyclic) bond motifs is 1. The Balaban J connectivity index is 1.51. The van der Waals surface area contributed by atoms with Crippen LogP contribution < -0.4 is 24.7 Å². The summed E-state index contributed by atoms with van der Waals surface area (Å²) in [6, 6.07) is 20.6. The number of hydrogen-bond donors (Lipinski definition) is 1. The quantitative estimate of drug-likeness (QED) is 0.230. The molecule has 3 aromatic rings. The molecule has 1 heterocycles. The molecule has 0 saturated carbocycles. The number of rotatable bonds is 9. The van der Waals surface area contributed by atoms with Gasteiger partial charge in [0.1, 0.15) is 34.6 Å². The number of ether oxygens (including phenoxy) is 4. The van der Waals surface area contributed by atoms with Crippen LogP contribution >= 0.6 is 0 Å². The Kier molecular flexibility index (Phi) is 7.99. The molecule has 7 heteroatoms. The van der Waals surface area contributed by atoms with Crippen LogP contribution in [-0.2, 0) is 4.79 Å². The van der Waals surface area contributed by atoms with Crippen LogP contribution in [-0.4, -0.2) is 19.2 Å². The van der Waals surface area contributed by atoms with Gasteiger partial charge < -0.3 is 24.7 Å². The van der Waals surface area contributed by atoms with E-state index < -0.39 is 11.9 Å². The highest BCUT2D eigenvalue weighted by Gasteiger charge is 2.31. The van der Waals surface area contributed by atoms with Crippen molar-refractivity contribution in [3.05, 3.63) is 94.4 Å². The zero-order chi connectivity index (χ0) is 26.4. The summed E-state index contributed by atoms with van der Waals surface area (Å²) < 4.78 is 22.7. The van der Waals surface area contributed by atoms with Crippen LogP contribution in [0.1, 0.15) is 47.9 Å². The maximum absolute atomic E-state index is 12.5. The highest BCUT2D eigenvalue weighted by molar-refractivity contribution is 5.74. The average molecular weight is 499 g/mol. The third kappa shape index (κ3) is 5.87. The standard InChI is InChI=1S/C30H30N2O5/c1-4-5-15-34-22-11-9-21(10-12-22)28-24-14-13-23(16-26(24)37-30(32)25(28)17-31)36-27(33)18-35-29-19(2)7-6-8-20(29)3/h6-14,16,28H,4-5,15,18,32H2,1-3H3. The number of unbranched alkanes of at least 4 members (excludes halogenated alkanes) is 1. The zero-order valence-electron chi connectivity index (χ0n) is 21.2. The second-order valence-corrected chi connectivity index (χ2v) is 8.88. The van der Waals surface area contributed by atoms with E-state index in [-0.39, 0.29) is 12.5 Å². The van der Waals surface area contributed by atoms with E-state index in [2.05, 4.69) is 13.0 Å². The summed E-state index contributed by atoms with van der Waals surface area (Å²) in [7, 11) is 0. The molecule has 1 atom stereocenters. The molecule has 37 heavy (non-hydrogen) atoms. The second-order valence-electron chi connectivity index (χ2n) is 8.88. The van der Waals surface area contributed by atoms with E-state index in [1.807, 2.05) is 56.3 Å². The first-order valence-corrected chi connectivity index (χ1v) is 12.2. The van der Waals surface area contributed by atoms with Gasteiger partial charge in [0.15, 0.2) is 6.61 Å². The molecule has 0 amide bonds. The summed E-state index contributed by atoms with van der Waals surface area (Å²) in [5.74, 6) is 1.20. The van der Waals surface area contributed by atoms with Crippen LogP contribution in [0.25, 0.3) is 0 Å². The Bertz CT molecular complexity index is 1340. The summed E-state index contributed by atoms with van der Waals surface area (Å²) >= 11 is 0. The smallest absolute Gasteiger partial charge is 0.349 e. The van der Waals surface area contributed by atoms with Crippen LogP contribution in [0.15, 0.2) is 72.1 Å². The van der Waals surface area contributed by atoms with Crippen molar-refractivity contribution < 1.29 is 23.7 Å². The van der Waals surface area contributed by atoms with Crippen LogP contribution in [0.4, 0.5) is 0 Å². The van der Waals surface area contributed by atoms with Gasteiger partial charge in [0.2, 0.25) is 5.88 Å². The first-order chi connectivity index (χ1) is 17.9. The molecule has 0 aromatic heterocycles. The minimum atomic E-state index is -0.546. The monoisotopic (exact) mass is 498 g/mol. The molecule has 7 nitrogen and oxygen atoms in total. The predicted octanol–water partition coefficient (Wildman–Crippen LogP) is 5.68. The number of aryl methyl sites for hydroxylation is 2. The molecule has 1 aliphatic rings. The first-order valence-electron chi connectivity index (χ1n) is 12.2. The Morgan fingerprint density at radius 1 is 1.03 bits per heavy atom. The predicted molar refractivity (Wildman–Crippen MR) is 140 cm³/mol. The Morgan fingerprint density at radius 3 is 2.41 bits per heavy atom. The number of para-hydroxylation sites is 1. The van der Waals surface area contributed by atoms with Gasteiger partial charge >= 0.3 is 5.97 Å². The molecule has 0 saturated heterocycles. The average Bonchev–Trinajstić information content (AvgIpc) is 2.88. The van der Waals surface area contributed by atoms with Crippen molar-refractivity contribution in [3.63, 3.8) is 0 Å². The summed E-state index contributed by atoms with van der Waals surface area (Å²) in [6.07, 6.45) is 2.04. The first kappa shape index (κ1) is 25.6. The molecule has 4 rings (SSSR count). The van der Waals surface area contributed by atoms with Gasteiger partial charge in [-0.3, -0.25) is 0 Å². The lowest BCUT2D eigenvalue weighted by Gasteiger charge is -2.26. The number of nitrogens with zero attached hydrogens (tertiary/aromatic N) is 1. The second kappa shape index (κ2) is 11.5. The van der Waals surface area contributed by atoms with Gasteiger partial charge in [-0.2, -0.15) is 5.26 Å². The number of carbonyl (C=O) groups excluding carboxylic acids is 1. The molecule has 0 aliphatic carbocycles. The van der Waals surface area contributed by atoms with Crippen molar-refractivity contribution in [2.45, 2.75) is 39.5 Å². The minimum Gasteiger partial charge on any atom is -0.494 e. The Labute approximate surface area is 217 Å². The number of esters is 1. The summed E-state index contributed by atoms with van der Waals surface area (Å²) in [5, 5.41) is 9.81. The van der Waals surface area contributed by atoms with Crippen LogP contribution in [0, 0.1) is 25.2 Å². The molecule has 3 aromatic carbocycles. The molecule has 190 valence electrons. The topological polar surface area (TPSA) is 104 Å². The fourth-order valence-corrected chi connectivity index (χ4v) is 4.25. The SMILES string of the molecule is CCCCOc1ccc(C2C(C#N)=C(N)Oc3cc(OC(=O)COc4c(C)cccc4C)ccc32)cc1. The minimum absolute atomic E-state index is 0.0186. The number of allylic oxidation sites excluding steroid dienone is 1. The molecule has 1 unspecified atom stereocenters. The fraction of sp³-hybridized carbons (Fsp3) is 0.267. The van der Waals surface area contributed by atoms with Crippen LogP contribution in [0.3, 0.4) is 0 Å². The van der Waals surface area contributed by atoms with Gasteiger partial charge in [0.05, 0.1) is 12.5 Å². The maximum atomic E-state index is 12.5. The van der Waals surface area contributed by atoms with Gasteiger partial charge in [-0.25, -0.2) is 4.79 Å². The lowest BCUT2D eigenvalue weighted by Crippen LogP contribution is -2.22. The molecule has 0 fully saturated rings. The van der Waals surface area contributed by atoms with E-state index in [0.717, 1.165) is 40.8 Å². The Morgan fingerprint density at radius 2 is 1.73 bits per heavy atom. The van der Waals surface area contributed by atoms with Gasteiger partial charge in [-0.15, -0.1) is 0 Å². The van der Waals surface area contributed by atoms with Crippen molar-refractivity contribution in [2.75, 3.05) is 13.2 Å². The van der Waals surface area contributed by atoms with E-state index >= 15 is 0 Å². The zero-order valence-corrected chi connectivity index (χ0v) is 21.2. The normalized spacial score (nSPS) is 14.3. The number of carbonyl (C=O) groups is 1. The van der Waals surface area contributed by atoms with E-state index in [9.17, 15) is 10.1 Å². The lowest BCUT2D eigenvalue weighted by molar-refractivity contribution is -0.136. The van der Waals surface area contributed by atoms with Crippen LogP contribution in [0.2, 0.25) is 0 Å². The summed E-state index contributed by atoms with van der Waals surface area (Å²) in [5.41, 5.74) is 9.94. The van der Waals surface area contributed by atoms with Crippen molar-refractivity contribution in [2.24, 2.45) is 5.73 Å². The van der Waals surface area contributed by atoms with E-state index in [1.54, 1.807) is 18.2 Å². The highest BCUT2D eigenvalue weighted by atomic mass is 16.6. The van der Waals surface area contributed by atoms with Crippen molar-refractivity contribution in [1.82, 2.24) is 0 Å². The van der Waals surface area contributed by atoms with Crippen molar-refractivity contribution in [1.29, 1.82) is 5.26 Å². The van der Waals surface area contributed by atoms with Crippen molar-refractivity contribution in [3.8, 4) is 29.1 Å². The molecule has 0 bridgehead atoms. The Hall–Kier alpha value is -4.44. The molecular formula is C30H30N2O5. The molecular weight excluding hydrogens is 468 g/mol. The van der Waals surface area contributed by atoms with Gasteiger partial charge in [0, 0.05) is 11.6 Å². The van der Waals surface area contributed by atoms with E-state index in [0.29, 0.717) is 29.4 Å². The molecule has 0 radical (unpaired) electrons. The van der Waals surface area contributed by atoms with Crippen molar-refractivity contribution >= 4 is 5.97 Å². The van der Waals surface area contributed by atoms with Gasteiger partial charge in [0.25, 0.3) is 0 Å². The fourth-order valence-electron chi connectivity index (χ4n) is 4.25. The highest BCUT2D eigenvalue weighted by Crippen LogP contribution is 2.43.